The number of ether oxygens (including phenoxy) is 1. The fraction of sp³-hybridized carbons (Fsp3) is 0.0625. The van der Waals surface area contributed by atoms with Crippen molar-refractivity contribution in [3.8, 4) is 22.7 Å². The third-order valence-corrected chi connectivity index (χ3v) is 8.02. The molecular weight excluding hydrogens is 701 g/mol. The number of amides is 1. The molecule has 4 aromatic carbocycles. The normalized spacial score (nSPS) is 11.1. The Balaban J connectivity index is 1.24. The van der Waals surface area contributed by atoms with Gasteiger partial charge in [-0.2, -0.15) is 5.10 Å². The third-order valence-electron chi connectivity index (χ3n) is 6.26. The molecule has 1 N–H and O–H groups in total. The van der Waals surface area contributed by atoms with Crippen molar-refractivity contribution in [2.24, 2.45) is 5.10 Å². The molecule has 200 valence electrons. The standard InChI is InChI=1S/C32H24BrClIN3O2/c1-21-11-16-30(23-7-3-2-4-8-23)38(21)26-14-12-24(13-15-26)32(39)37-36-19-22-17-27(33)31(29(35)18-22)40-20-25-9-5-6-10-28(25)34/h2-19H,20H2,1H3,(H,37,39)/b36-19+. The molecule has 0 aliphatic rings. The van der Waals surface area contributed by atoms with Crippen LogP contribution in [0, 0.1) is 10.5 Å². The van der Waals surface area contributed by atoms with Crippen LogP contribution in [-0.4, -0.2) is 16.7 Å². The summed E-state index contributed by atoms with van der Waals surface area (Å²) < 4.78 is 9.87. The molecule has 0 aliphatic heterocycles. The lowest BCUT2D eigenvalue weighted by molar-refractivity contribution is 0.0955. The van der Waals surface area contributed by atoms with Gasteiger partial charge >= 0.3 is 0 Å². The molecule has 0 unspecified atom stereocenters. The van der Waals surface area contributed by atoms with Crippen LogP contribution in [0.3, 0.4) is 0 Å². The Bertz CT molecular complexity index is 1660. The SMILES string of the molecule is Cc1ccc(-c2ccccc2)n1-c1ccc(C(=O)N/N=C/c2cc(Br)c(OCc3ccccc3Cl)c(I)c2)cc1. The van der Waals surface area contributed by atoms with E-state index in [9.17, 15) is 4.79 Å². The first-order valence-corrected chi connectivity index (χ1v) is 14.7. The van der Waals surface area contributed by atoms with Gasteiger partial charge in [-0.05, 0) is 111 Å². The lowest BCUT2D eigenvalue weighted by atomic mass is 10.1. The molecule has 0 saturated heterocycles. The summed E-state index contributed by atoms with van der Waals surface area (Å²) in [6.45, 7) is 2.42. The summed E-state index contributed by atoms with van der Waals surface area (Å²) in [6.07, 6.45) is 1.60. The van der Waals surface area contributed by atoms with Crippen LogP contribution in [0.4, 0.5) is 0 Å². The molecule has 1 aromatic heterocycles. The highest BCUT2D eigenvalue weighted by Gasteiger charge is 2.12. The van der Waals surface area contributed by atoms with Crippen LogP contribution >= 0.6 is 50.1 Å². The molecule has 0 bridgehead atoms. The maximum Gasteiger partial charge on any atom is 0.271 e. The quantitative estimate of drug-likeness (QED) is 0.0989. The second-order valence-electron chi connectivity index (χ2n) is 9.00. The number of benzene rings is 4. The highest BCUT2D eigenvalue weighted by Crippen LogP contribution is 2.33. The minimum absolute atomic E-state index is 0.288. The van der Waals surface area contributed by atoms with Gasteiger partial charge in [0, 0.05) is 27.5 Å². The van der Waals surface area contributed by atoms with Crippen LogP contribution in [0.1, 0.15) is 27.2 Å². The van der Waals surface area contributed by atoms with Crippen LogP contribution in [0.2, 0.25) is 5.02 Å². The molecule has 0 radical (unpaired) electrons. The van der Waals surface area contributed by atoms with Crippen molar-refractivity contribution in [3.05, 3.63) is 139 Å². The zero-order valence-electron chi connectivity index (χ0n) is 21.4. The van der Waals surface area contributed by atoms with Crippen LogP contribution in [0.25, 0.3) is 16.9 Å². The highest BCUT2D eigenvalue weighted by molar-refractivity contribution is 14.1. The molecule has 5 rings (SSSR count). The number of hydrogen-bond donors (Lipinski definition) is 1. The molecule has 0 spiro atoms. The van der Waals surface area contributed by atoms with Crippen molar-refractivity contribution < 1.29 is 9.53 Å². The number of hydrazone groups is 1. The zero-order chi connectivity index (χ0) is 28.1. The molecule has 5 aromatic rings. The number of nitrogens with one attached hydrogen (secondary N) is 1. The van der Waals surface area contributed by atoms with E-state index in [0.717, 1.165) is 47.6 Å². The summed E-state index contributed by atoms with van der Waals surface area (Å²) in [5.74, 6) is 0.430. The topological polar surface area (TPSA) is 55.6 Å². The van der Waals surface area contributed by atoms with Crippen molar-refractivity contribution in [3.63, 3.8) is 0 Å². The molecular formula is C32H24BrClIN3O2. The van der Waals surface area contributed by atoms with Crippen LogP contribution in [0.5, 0.6) is 5.75 Å². The molecule has 0 atom stereocenters. The first kappa shape index (κ1) is 28.1. The van der Waals surface area contributed by atoms with Gasteiger partial charge in [-0.25, -0.2) is 5.43 Å². The highest BCUT2D eigenvalue weighted by atomic mass is 127. The molecule has 0 saturated carbocycles. The first-order valence-electron chi connectivity index (χ1n) is 12.4. The van der Waals surface area contributed by atoms with E-state index in [1.807, 2.05) is 66.7 Å². The number of rotatable bonds is 8. The van der Waals surface area contributed by atoms with Crippen LogP contribution in [-0.2, 0) is 6.61 Å². The Morgan fingerprint density at radius 2 is 1.73 bits per heavy atom. The minimum Gasteiger partial charge on any atom is -0.487 e. The van der Waals surface area contributed by atoms with Crippen molar-refractivity contribution in [1.82, 2.24) is 9.99 Å². The predicted molar refractivity (Wildman–Crippen MR) is 174 cm³/mol. The fourth-order valence-corrected chi connectivity index (χ4v) is 6.22. The van der Waals surface area contributed by atoms with Crippen molar-refractivity contribution >= 4 is 62.2 Å². The number of aryl methyl sites for hydroxylation is 1. The van der Waals surface area contributed by atoms with Gasteiger partial charge < -0.3 is 9.30 Å². The maximum absolute atomic E-state index is 12.8. The van der Waals surface area contributed by atoms with E-state index in [-0.39, 0.29) is 5.91 Å². The maximum atomic E-state index is 12.8. The van der Waals surface area contributed by atoms with Gasteiger partial charge in [0.25, 0.3) is 5.91 Å². The van der Waals surface area contributed by atoms with E-state index in [4.69, 9.17) is 16.3 Å². The summed E-state index contributed by atoms with van der Waals surface area (Å²) >= 11 is 12.0. The van der Waals surface area contributed by atoms with Gasteiger partial charge in [-0.3, -0.25) is 4.79 Å². The Kier molecular flexibility index (Phi) is 9.04. The van der Waals surface area contributed by atoms with Crippen molar-refractivity contribution in [2.45, 2.75) is 13.5 Å². The Morgan fingerprint density at radius 3 is 2.45 bits per heavy atom. The number of nitrogens with zero attached hydrogens (tertiary/aromatic N) is 2. The molecule has 1 heterocycles. The lowest BCUT2D eigenvalue weighted by Crippen LogP contribution is -2.17. The van der Waals surface area contributed by atoms with E-state index in [0.29, 0.717) is 17.2 Å². The van der Waals surface area contributed by atoms with Gasteiger partial charge in [-0.1, -0.05) is 60.1 Å². The summed E-state index contributed by atoms with van der Waals surface area (Å²) in [5, 5.41) is 4.83. The monoisotopic (exact) mass is 723 g/mol. The molecule has 1 amide bonds. The molecule has 0 fully saturated rings. The summed E-state index contributed by atoms with van der Waals surface area (Å²) in [5.41, 5.74) is 9.19. The molecule has 8 heteroatoms. The van der Waals surface area contributed by atoms with Gasteiger partial charge in [0.1, 0.15) is 12.4 Å². The summed E-state index contributed by atoms with van der Waals surface area (Å²) in [6, 6.07) is 33.3. The summed E-state index contributed by atoms with van der Waals surface area (Å²) in [4.78, 5) is 12.8. The second kappa shape index (κ2) is 12.8. The third kappa shape index (κ3) is 6.49. The zero-order valence-corrected chi connectivity index (χ0v) is 25.9. The number of carbonyl (C=O) groups is 1. The Morgan fingerprint density at radius 1 is 1.00 bits per heavy atom. The van der Waals surface area contributed by atoms with Gasteiger partial charge in [0.05, 0.1) is 20.0 Å². The number of halogens is 3. The largest absolute Gasteiger partial charge is 0.487 e. The lowest BCUT2D eigenvalue weighted by Gasteiger charge is -2.13. The minimum atomic E-state index is -0.288. The van der Waals surface area contributed by atoms with Crippen molar-refractivity contribution in [2.75, 3.05) is 0 Å². The second-order valence-corrected chi connectivity index (χ2v) is 11.4. The van der Waals surface area contributed by atoms with E-state index in [2.05, 4.69) is 84.8 Å². The number of hydrogen-bond acceptors (Lipinski definition) is 3. The van der Waals surface area contributed by atoms with Gasteiger partial charge in [0.2, 0.25) is 0 Å². The molecule has 0 aliphatic carbocycles. The van der Waals surface area contributed by atoms with E-state index in [1.165, 1.54) is 0 Å². The average molecular weight is 725 g/mol. The van der Waals surface area contributed by atoms with Crippen LogP contribution < -0.4 is 10.2 Å². The van der Waals surface area contributed by atoms with Gasteiger partial charge in [-0.15, -0.1) is 0 Å². The first-order chi connectivity index (χ1) is 19.4. The Labute approximate surface area is 260 Å². The number of carbonyl (C=O) groups excluding carboxylic acids is 1. The number of aromatic nitrogens is 1. The molecule has 5 nitrogen and oxygen atoms in total. The predicted octanol–water partition coefficient (Wildman–Crippen LogP) is 8.82. The van der Waals surface area contributed by atoms with Gasteiger partial charge in [0.15, 0.2) is 0 Å². The Hall–Kier alpha value is -3.40. The average Bonchev–Trinajstić information content (AvgIpc) is 3.35. The smallest absolute Gasteiger partial charge is 0.271 e. The summed E-state index contributed by atoms with van der Waals surface area (Å²) in [7, 11) is 0. The van der Waals surface area contributed by atoms with Crippen LogP contribution in [0.15, 0.2) is 113 Å². The van der Waals surface area contributed by atoms with E-state index >= 15 is 0 Å². The molecule has 40 heavy (non-hydrogen) atoms. The van der Waals surface area contributed by atoms with Crippen molar-refractivity contribution in [1.29, 1.82) is 0 Å². The fourth-order valence-electron chi connectivity index (χ4n) is 4.26. The van der Waals surface area contributed by atoms with E-state index in [1.54, 1.807) is 18.3 Å². The van der Waals surface area contributed by atoms with E-state index < -0.39 is 0 Å².